The average Bonchev–Trinajstić information content (AvgIpc) is 2.60. The number of rotatable bonds is 4. The maximum absolute atomic E-state index is 5.50. The molecule has 0 amide bonds. The van der Waals surface area contributed by atoms with Crippen molar-refractivity contribution in [2.24, 2.45) is 5.92 Å². The molecule has 1 aliphatic rings. The Morgan fingerprint density at radius 3 is 2.88 bits per heavy atom. The molecule has 1 atom stereocenters. The highest BCUT2D eigenvalue weighted by molar-refractivity contribution is 9.13. The molecule has 0 aliphatic heterocycles. The quantitative estimate of drug-likeness (QED) is 0.823. The van der Waals surface area contributed by atoms with Gasteiger partial charge in [-0.05, 0) is 69.7 Å². The minimum Gasteiger partial charge on any atom is -0.452 e. The summed E-state index contributed by atoms with van der Waals surface area (Å²) in [5, 5.41) is 3.44. The molecule has 4 heteroatoms. The number of allylic oxidation sites excluding steroid dienone is 2. The summed E-state index contributed by atoms with van der Waals surface area (Å²) in [5.41, 5.74) is 0. The van der Waals surface area contributed by atoms with E-state index in [1.165, 1.54) is 19.3 Å². The lowest BCUT2D eigenvalue weighted by Crippen LogP contribution is -2.22. The monoisotopic (exact) mass is 347 g/mol. The van der Waals surface area contributed by atoms with Gasteiger partial charge in [-0.3, -0.25) is 0 Å². The molecule has 0 saturated heterocycles. The summed E-state index contributed by atoms with van der Waals surface area (Å²) >= 11 is 6.74. The number of furan rings is 1. The Morgan fingerprint density at radius 1 is 1.38 bits per heavy atom. The van der Waals surface area contributed by atoms with Crippen LogP contribution in [0.5, 0.6) is 0 Å². The third-order valence-corrected chi connectivity index (χ3v) is 4.52. The molecule has 0 aromatic carbocycles. The normalized spacial score (nSPS) is 20.2. The van der Waals surface area contributed by atoms with Gasteiger partial charge in [0.2, 0.25) is 0 Å². The van der Waals surface area contributed by atoms with Crippen molar-refractivity contribution >= 4 is 31.9 Å². The Labute approximate surface area is 113 Å². The predicted octanol–water partition coefficient (Wildman–Crippen LogP) is 4.25. The van der Waals surface area contributed by atoms with Gasteiger partial charge in [0.1, 0.15) is 5.76 Å². The summed E-state index contributed by atoms with van der Waals surface area (Å²) in [6.45, 7) is 1.87. The zero-order valence-corrected chi connectivity index (χ0v) is 12.2. The van der Waals surface area contributed by atoms with E-state index in [4.69, 9.17) is 4.42 Å². The first kappa shape index (κ1) is 12.4. The first-order valence-corrected chi connectivity index (χ1v) is 7.13. The van der Waals surface area contributed by atoms with E-state index in [0.717, 1.165) is 33.9 Å². The van der Waals surface area contributed by atoms with E-state index in [9.17, 15) is 0 Å². The van der Waals surface area contributed by atoms with Gasteiger partial charge < -0.3 is 9.73 Å². The zero-order chi connectivity index (χ0) is 11.4. The zero-order valence-electron chi connectivity index (χ0n) is 9.01. The van der Waals surface area contributed by atoms with Crippen molar-refractivity contribution in [2.45, 2.75) is 25.8 Å². The standard InChI is InChI=1S/C12H15Br2NO/c13-11-6-10(16-12(11)14)8-15-7-9-4-2-1-3-5-9/h1-2,6,9,15H,3-5,7-8H2. The van der Waals surface area contributed by atoms with Gasteiger partial charge in [0.25, 0.3) is 0 Å². The SMILES string of the molecule is Brc1cc(CNCC2CC=CCC2)oc1Br. The predicted molar refractivity (Wildman–Crippen MR) is 72.3 cm³/mol. The highest BCUT2D eigenvalue weighted by Crippen LogP contribution is 2.26. The molecule has 1 unspecified atom stereocenters. The molecule has 1 N–H and O–H groups in total. The highest BCUT2D eigenvalue weighted by Gasteiger charge is 2.10. The Balaban J connectivity index is 1.73. The third-order valence-electron chi connectivity index (χ3n) is 2.81. The van der Waals surface area contributed by atoms with Crippen LogP contribution in [0.1, 0.15) is 25.0 Å². The van der Waals surface area contributed by atoms with E-state index in [2.05, 4.69) is 49.3 Å². The van der Waals surface area contributed by atoms with Crippen LogP contribution in [0, 0.1) is 5.92 Å². The fourth-order valence-corrected chi connectivity index (χ4v) is 2.58. The van der Waals surface area contributed by atoms with Gasteiger partial charge in [0.05, 0.1) is 11.0 Å². The molecular weight excluding hydrogens is 334 g/mol. The summed E-state index contributed by atoms with van der Waals surface area (Å²) in [5.74, 6) is 1.75. The molecule has 1 aromatic heterocycles. The second-order valence-corrected chi connectivity index (χ2v) is 5.69. The Morgan fingerprint density at radius 2 is 2.25 bits per heavy atom. The summed E-state index contributed by atoms with van der Waals surface area (Å²) < 4.78 is 7.24. The second kappa shape index (κ2) is 6.03. The fourth-order valence-electron chi connectivity index (χ4n) is 1.92. The molecular formula is C12H15Br2NO. The molecule has 0 fully saturated rings. The Hall–Kier alpha value is -0.0600. The fraction of sp³-hybridized carbons (Fsp3) is 0.500. The average molecular weight is 349 g/mol. The van der Waals surface area contributed by atoms with Crippen molar-refractivity contribution in [1.29, 1.82) is 0 Å². The smallest absolute Gasteiger partial charge is 0.183 e. The van der Waals surface area contributed by atoms with Crippen molar-refractivity contribution in [2.75, 3.05) is 6.54 Å². The van der Waals surface area contributed by atoms with E-state index in [-0.39, 0.29) is 0 Å². The highest BCUT2D eigenvalue weighted by atomic mass is 79.9. The van der Waals surface area contributed by atoms with Gasteiger partial charge in [-0.25, -0.2) is 0 Å². The van der Waals surface area contributed by atoms with Gasteiger partial charge in [0, 0.05) is 0 Å². The molecule has 0 radical (unpaired) electrons. The molecule has 0 spiro atoms. The van der Waals surface area contributed by atoms with Crippen LogP contribution in [-0.4, -0.2) is 6.54 Å². The molecule has 0 bridgehead atoms. The third kappa shape index (κ3) is 3.47. The minimum atomic E-state index is 0.768. The first-order chi connectivity index (χ1) is 7.75. The largest absolute Gasteiger partial charge is 0.452 e. The topological polar surface area (TPSA) is 25.2 Å². The van der Waals surface area contributed by atoms with Crippen LogP contribution in [0.2, 0.25) is 0 Å². The number of hydrogen-bond acceptors (Lipinski definition) is 2. The van der Waals surface area contributed by atoms with E-state index >= 15 is 0 Å². The summed E-state index contributed by atoms with van der Waals surface area (Å²) in [6, 6.07) is 2.00. The van der Waals surface area contributed by atoms with Crippen LogP contribution in [-0.2, 0) is 6.54 Å². The van der Waals surface area contributed by atoms with E-state index in [0.29, 0.717) is 0 Å². The van der Waals surface area contributed by atoms with Crippen LogP contribution in [0.3, 0.4) is 0 Å². The second-order valence-electron chi connectivity index (χ2n) is 4.12. The summed E-state index contributed by atoms with van der Waals surface area (Å²) in [6.07, 6.45) is 8.30. The maximum Gasteiger partial charge on any atom is 0.183 e. The van der Waals surface area contributed by atoms with Crippen molar-refractivity contribution in [1.82, 2.24) is 5.32 Å². The minimum absolute atomic E-state index is 0.768. The molecule has 16 heavy (non-hydrogen) atoms. The van der Waals surface area contributed by atoms with E-state index in [1.54, 1.807) is 0 Å². The number of halogens is 2. The van der Waals surface area contributed by atoms with Crippen LogP contribution in [0.25, 0.3) is 0 Å². The van der Waals surface area contributed by atoms with Crippen LogP contribution >= 0.6 is 31.9 Å². The lowest BCUT2D eigenvalue weighted by molar-refractivity contribution is 0.412. The summed E-state index contributed by atoms with van der Waals surface area (Å²) in [4.78, 5) is 0. The van der Waals surface area contributed by atoms with Gasteiger partial charge in [-0.2, -0.15) is 0 Å². The van der Waals surface area contributed by atoms with Crippen molar-refractivity contribution in [3.63, 3.8) is 0 Å². The van der Waals surface area contributed by atoms with Crippen LogP contribution < -0.4 is 5.32 Å². The molecule has 2 nitrogen and oxygen atoms in total. The van der Waals surface area contributed by atoms with Crippen molar-refractivity contribution in [3.05, 3.63) is 33.1 Å². The lowest BCUT2D eigenvalue weighted by atomic mass is 9.94. The molecule has 88 valence electrons. The van der Waals surface area contributed by atoms with Gasteiger partial charge in [-0.1, -0.05) is 12.2 Å². The van der Waals surface area contributed by atoms with Gasteiger partial charge in [0.15, 0.2) is 4.67 Å². The first-order valence-electron chi connectivity index (χ1n) is 5.55. The number of nitrogens with one attached hydrogen (secondary N) is 1. The number of hydrogen-bond donors (Lipinski definition) is 1. The van der Waals surface area contributed by atoms with E-state index < -0.39 is 0 Å². The lowest BCUT2D eigenvalue weighted by Gasteiger charge is -2.17. The molecule has 0 saturated carbocycles. The Bertz CT molecular complexity index is 354. The molecule has 1 heterocycles. The molecule has 1 aromatic rings. The van der Waals surface area contributed by atoms with Crippen molar-refractivity contribution < 1.29 is 4.42 Å². The van der Waals surface area contributed by atoms with Gasteiger partial charge in [-0.15, -0.1) is 0 Å². The van der Waals surface area contributed by atoms with Gasteiger partial charge >= 0.3 is 0 Å². The molecule has 2 rings (SSSR count). The van der Waals surface area contributed by atoms with Crippen LogP contribution in [0.4, 0.5) is 0 Å². The van der Waals surface area contributed by atoms with E-state index in [1.807, 2.05) is 6.07 Å². The summed E-state index contributed by atoms with van der Waals surface area (Å²) in [7, 11) is 0. The van der Waals surface area contributed by atoms with Crippen LogP contribution in [0.15, 0.2) is 31.8 Å². The molecule has 1 aliphatic carbocycles. The van der Waals surface area contributed by atoms with Crippen molar-refractivity contribution in [3.8, 4) is 0 Å². The Kier molecular flexibility index (Phi) is 4.67. The maximum atomic E-state index is 5.50.